The third-order valence-electron chi connectivity index (χ3n) is 2.77. The Hall–Kier alpha value is -0.850. The summed E-state index contributed by atoms with van der Waals surface area (Å²) in [6, 6.07) is 0. The van der Waals surface area contributed by atoms with Crippen LogP contribution in [0.2, 0.25) is 0 Å². The first-order valence-corrected chi connectivity index (χ1v) is 7.15. The summed E-state index contributed by atoms with van der Waals surface area (Å²) in [5.74, 6) is 0. The van der Waals surface area contributed by atoms with Crippen molar-refractivity contribution < 1.29 is 4.79 Å². The molecule has 0 saturated carbocycles. The number of unbranched alkanes of at least 4 members (excludes halogenated alkanes) is 7. The molecule has 0 amide bonds. The molecule has 0 aliphatic heterocycles. The second-order valence-electron chi connectivity index (χ2n) is 4.48. The van der Waals surface area contributed by atoms with E-state index in [1.54, 1.807) is 0 Å². The molecule has 0 saturated heterocycles. The predicted molar refractivity (Wildman–Crippen MR) is 76.2 cm³/mol. The zero-order chi connectivity index (χ0) is 12.6. The zero-order valence-corrected chi connectivity index (χ0v) is 11.4. The van der Waals surface area contributed by atoms with Gasteiger partial charge in [0.05, 0.1) is 0 Å². The summed E-state index contributed by atoms with van der Waals surface area (Å²) >= 11 is 0. The van der Waals surface area contributed by atoms with Gasteiger partial charge in [-0.3, -0.25) is 0 Å². The van der Waals surface area contributed by atoms with Gasteiger partial charge in [0.1, 0.15) is 6.29 Å². The summed E-state index contributed by atoms with van der Waals surface area (Å²) in [6.07, 6.45) is 21.7. The minimum Gasteiger partial charge on any atom is -0.303 e. The molecule has 0 N–H and O–H groups in total. The largest absolute Gasteiger partial charge is 0.303 e. The van der Waals surface area contributed by atoms with Gasteiger partial charge in [0, 0.05) is 6.42 Å². The van der Waals surface area contributed by atoms with Crippen LogP contribution in [0.25, 0.3) is 0 Å². The van der Waals surface area contributed by atoms with Crippen molar-refractivity contribution in [2.45, 2.75) is 71.1 Å². The maximum atomic E-state index is 10.1. The lowest BCUT2D eigenvalue weighted by Crippen LogP contribution is -1.79. The van der Waals surface area contributed by atoms with Gasteiger partial charge < -0.3 is 4.79 Å². The van der Waals surface area contributed by atoms with Crippen molar-refractivity contribution in [3.63, 3.8) is 0 Å². The highest BCUT2D eigenvalue weighted by atomic mass is 16.1. The first-order chi connectivity index (χ1) is 8.41. The number of rotatable bonds is 12. The molecule has 0 heterocycles. The summed E-state index contributed by atoms with van der Waals surface area (Å²) in [4.78, 5) is 10.1. The van der Waals surface area contributed by atoms with Crippen LogP contribution in [-0.2, 0) is 4.79 Å². The SMILES string of the molecule is CCCCC=CCC=CCCCCCCC=O. The van der Waals surface area contributed by atoms with Crippen LogP contribution in [0.15, 0.2) is 24.3 Å². The highest BCUT2D eigenvalue weighted by Gasteiger charge is 1.87. The summed E-state index contributed by atoms with van der Waals surface area (Å²) < 4.78 is 0. The Morgan fingerprint density at radius 3 is 1.88 bits per heavy atom. The van der Waals surface area contributed by atoms with Crippen LogP contribution >= 0.6 is 0 Å². The number of allylic oxidation sites excluding steroid dienone is 4. The van der Waals surface area contributed by atoms with E-state index < -0.39 is 0 Å². The summed E-state index contributed by atoms with van der Waals surface area (Å²) in [5, 5.41) is 0. The second kappa shape index (κ2) is 15.1. The minimum absolute atomic E-state index is 0.735. The van der Waals surface area contributed by atoms with E-state index in [0.29, 0.717) is 0 Å². The molecule has 1 nitrogen and oxygen atoms in total. The molecule has 0 rings (SSSR count). The molecule has 0 aliphatic carbocycles. The van der Waals surface area contributed by atoms with E-state index in [0.717, 1.165) is 25.5 Å². The van der Waals surface area contributed by atoms with Crippen molar-refractivity contribution in [1.82, 2.24) is 0 Å². The molecule has 0 spiro atoms. The van der Waals surface area contributed by atoms with E-state index in [9.17, 15) is 4.79 Å². The second-order valence-corrected chi connectivity index (χ2v) is 4.48. The average molecular weight is 236 g/mol. The van der Waals surface area contributed by atoms with Gasteiger partial charge >= 0.3 is 0 Å². The van der Waals surface area contributed by atoms with Crippen LogP contribution in [0, 0.1) is 0 Å². The topological polar surface area (TPSA) is 17.1 Å². The molecule has 98 valence electrons. The van der Waals surface area contributed by atoms with Gasteiger partial charge in [0.15, 0.2) is 0 Å². The molecule has 1 heteroatoms. The zero-order valence-electron chi connectivity index (χ0n) is 11.4. The number of hydrogen-bond acceptors (Lipinski definition) is 1. The first kappa shape index (κ1) is 16.1. The molecule has 0 unspecified atom stereocenters. The molecular weight excluding hydrogens is 208 g/mol. The fourth-order valence-electron chi connectivity index (χ4n) is 1.67. The Morgan fingerprint density at radius 1 is 0.706 bits per heavy atom. The highest BCUT2D eigenvalue weighted by Crippen LogP contribution is 2.05. The van der Waals surface area contributed by atoms with Crippen molar-refractivity contribution in [1.29, 1.82) is 0 Å². The van der Waals surface area contributed by atoms with Crippen molar-refractivity contribution in [2.75, 3.05) is 0 Å². The third-order valence-corrected chi connectivity index (χ3v) is 2.77. The Bertz CT molecular complexity index is 204. The fraction of sp³-hybridized carbons (Fsp3) is 0.688. The van der Waals surface area contributed by atoms with Gasteiger partial charge in [-0.05, 0) is 32.1 Å². The summed E-state index contributed by atoms with van der Waals surface area (Å²) in [7, 11) is 0. The molecule has 0 atom stereocenters. The monoisotopic (exact) mass is 236 g/mol. The van der Waals surface area contributed by atoms with Gasteiger partial charge in [0.25, 0.3) is 0 Å². The smallest absolute Gasteiger partial charge is 0.119 e. The van der Waals surface area contributed by atoms with Gasteiger partial charge in [0.2, 0.25) is 0 Å². The van der Waals surface area contributed by atoms with Crippen molar-refractivity contribution in [3.05, 3.63) is 24.3 Å². The highest BCUT2D eigenvalue weighted by molar-refractivity contribution is 5.48. The van der Waals surface area contributed by atoms with Gasteiger partial charge in [-0.2, -0.15) is 0 Å². The Balaban J connectivity index is 3.14. The molecule has 0 aromatic carbocycles. The number of carbonyl (C=O) groups excluding carboxylic acids is 1. The maximum absolute atomic E-state index is 10.1. The van der Waals surface area contributed by atoms with Gasteiger partial charge in [-0.1, -0.05) is 56.9 Å². The molecule has 0 aliphatic rings. The van der Waals surface area contributed by atoms with Gasteiger partial charge in [-0.15, -0.1) is 0 Å². The number of aldehydes is 1. The molecule has 0 aromatic heterocycles. The van der Waals surface area contributed by atoms with Crippen LogP contribution in [0.1, 0.15) is 71.1 Å². The molecular formula is C16H28O. The van der Waals surface area contributed by atoms with E-state index in [4.69, 9.17) is 0 Å². The predicted octanol–water partition coefficient (Wildman–Crippen LogP) is 5.22. The molecule has 0 aromatic rings. The maximum Gasteiger partial charge on any atom is 0.119 e. The first-order valence-electron chi connectivity index (χ1n) is 7.15. The molecule has 0 radical (unpaired) electrons. The Kier molecular flexibility index (Phi) is 14.4. The Morgan fingerprint density at radius 2 is 1.29 bits per heavy atom. The van der Waals surface area contributed by atoms with Crippen LogP contribution in [0.3, 0.4) is 0 Å². The average Bonchev–Trinajstić information content (AvgIpc) is 2.35. The van der Waals surface area contributed by atoms with Crippen molar-refractivity contribution in [3.8, 4) is 0 Å². The molecule has 0 bridgehead atoms. The number of hydrogen-bond donors (Lipinski definition) is 0. The van der Waals surface area contributed by atoms with Crippen LogP contribution in [-0.4, -0.2) is 6.29 Å². The van der Waals surface area contributed by atoms with Gasteiger partial charge in [-0.25, -0.2) is 0 Å². The van der Waals surface area contributed by atoms with E-state index in [1.165, 1.54) is 44.9 Å². The lowest BCUT2D eigenvalue weighted by atomic mass is 10.1. The van der Waals surface area contributed by atoms with Crippen LogP contribution < -0.4 is 0 Å². The van der Waals surface area contributed by atoms with E-state index in [-0.39, 0.29) is 0 Å². The van der Waals surface area contributed by atoms with E-state index in [1.807, 2.05) is 0 Å². The minimum atomic E-state index is 0.735. The molecule has 0 fully saturated rings. The normalized spacial score (nSPS) is 11.6. The lowest BCUT2D eigenvalue weighted by molar-refractivity contribution is -0.107. The quantitative estimate of drug-likeness (QED) is 0.258. The van der Waals surface area contributed by atoms with E-state index >= 15 is 0 Å². The fourth-order valence-corrected chi connectivity index (χ4v) is 1.67. The van der Waals surface area contributed by atoms with Crippen molar-refractivity contribution >= 4 is 6.29 Å². The number of carbonyl (C=O) groups is 1. The van der Waals surface area contributed by atoms with E-state index in [2.05, 4.69) is 31.2 Å². The van der Waals surface area contributed by atoms with Crippen molar-refractivity contribution in [2.24, 2.45) is 0 Å². The van der Waals surface area contributed by atoms with Crippen LogP contribution in [0.4, 0.5) is 0 Å². The third kappa shape index (κ3) is 15.1. The summed E-state index contributed by atoms with van der Waals surface area (Å²) in [6.45, 7) is 2.23. The summed E-state index contributed by atoms with van der Waals surface area (Å²) in [5.41, 5.74) is 0. The lowest BCUT2D eigenvalue weighted by Gasteiger charge is -1.95. The standard InChI is InChI=1S/C16H28O/c1-2-3-4-5-6-7-8-9-10-11-12-13-14-15-16-17/h5-6,8-9,16H,2-4,7,10-15H2,1H3. The van der Waals surface area contributed by atoms with Crippen LogP contribution in [0.5, 0.6) is 0 Å². The Labute approximate surface area is 107 Å². The molecule has 17 heavy (non-hydrogen) atoms.